The van der Waals surface area contributed by atoms with E-state index in [4.69, 9.17) is 14.2 Å². The predicted octanol–water partition coefficient (Wildman–Crippen LogP) is 14.1. The van der Waals surface area contributed by atoms with Gasteiger partial charge >= 0.3 is 5.97 Å². The van der Waals surface area contributed by atoms with E-state index in [1.54, 1.807) is 6.08 Å². The Morgan fingerprint density at radius 1 is 0.548 bits per heavy atom. The number of rotatable bonds is 51. The van der Waals surface area contributed by atoms with Crippen LogP contribution in [0, 0.1) is 0 Å². The molecule has 1 rings (SSSR count). The van der Waals surface area contributed by atoms with Crippen LogP contribution in [0.5, 0.6) is 0 Å². The van der Waals surface area contributed by atoms with Gasteiger partial charge < -0.3 is 45.1 Å². The number of hydrogen-bond acceptors (Lipinski definition) is 10. The largest absolute Gasteiger partial charge is 0.454 e. The average molecular weight is 1030 g/mol. The lowest BCUT2D eigenvalue weighted by atomic mass is 9.99. The first kappa shape index (κ1) is 68.6. The fourth-order valence-corrected chi connectivity index (χ4v) is 9.48. The van der Waals surface area contributed by atoms with Gasteiger partial charge in [-0.05, 0) is 44.9 Å². The van der Waals surface area contributed by atoms with E-state index in [1.807, 2.05) is 18.2 Å². The van der Waals surface area contributed by atoms with Crippen molar-refractivity contribution in [2.45, 2.75) is 320 Å². The van der Waals surface area contributed by atoms with Gasteiger partial charge in [0.25, 0.3) is 0 Å². The number of hydrogen-bond donors (Lipinski definition) is 6. The van der Waals surface area contributed by atoms with Crippen LogP contribution in [-0.4, -0.2) is 99.6 Å². The molecule has 0 saturated carbocycles. The fourth-order valence-electron chi connectivity index (χ4n) is 9.48. The SMILES string of the molecule is CC/C=C/C=C/C=C/CCCCCCCCC(O)C(=O)NC(COC1OC(CO)C(O)C(O)C1OC(=O)CCCCCCCCCCCCCCCCCCCCC)C(O)/C=C/CCCCCCCCCCC. The molecule has 0 aromatic rings. The van der Waals surface area contributed by atoms with E-state index in [2.05, 4.69) is 50.4 Å². The van der Waals surface area contributed by atoms with E-state index in [9.17, 15) is 35.1 Å². The topological polar surface area (TPSA) is 175 Å². The zero-order chi connectivity index (χ0) is 53.3. The van der Waals surface area contributed by atoms with E-state index >= 15 is 0 Å². The number of nitrogens with one attached hydrogen (secondary N) is 1. The maximum absolute atomic E-state index is 13.4. The monoisotopic (exact) mass is 1030 g/mol. The summed E-state index contributed by atoms with van der Waals surface area (Å²) in [5.41, 5.74) is 0. The van der Waals surface area contributed by atoms with E-state index in [0.717, 1.165) is 83.5 Å². The Morgan fingerprint density at radius 2 is 0.986 bits per heavy atom. The standard InChI is InChI=1S/C62H113NO10/c1-4-7-10-13-16-19-22-24-26-27-28-29-30-32-35-38-41-44-47-50-57(67)73-60-59(69)58(68)56(51-64)72-62(60)71-52-53(54(65)48-45-42-39-36-33-21-18-15-12-9-6-3)63-61(70)55(66)49-46-43-40-37-34-31-25-23-20-17-14-11-8-5-2/h8,11,14,17,20,23,45,48,53-56,58-60,62,64-66,68-69H,4-7,9-10,12-13,15-16,18-19,21-22,24-44,46-47,49-52H2,1-3H3,(H,63,70)/b11-8+,17-14+,23-20+,48-45+. The third-order valence-electron chi connectivity index (χ3n) is 14.3. The summed E-state index contributed by atoms with van der Waals surface area (Å²) in [5.74, 6) is -1.20. The van der Waals surface area contributed by atoms with Crippen LogP contribution >= 0.6 is 0 Å². The molecular weight excluding hydrogens is 919 g/mol. The summed E-state index contributed by atoms with van der Waals surface area (Å²) in [4.78, 5) is 26.5. The lowest BCUT2D eigenvalue weighted by molar-refractivity contribution is -0.305. The molecule has 0 aromatic carbocycles. The highest BCUT2D eigenvalue weighted by atomic mass is 16.7. The van der Waals surface area contributed by atoms with Gasteiger partial charge in [0.05, 0.1) is 25.4 Å². The Hall–Kier alpha value is -2.38. The van der Waals surface area contributed by atoms with Crippen LogP contribution in [0.4, 0.5) is 0 Å². The van der Waals surface area contributed by atoms with Gasteiger partial charge in [0.2, 0.25) is 5.91 Å². The first-order chi connectivity index (χ1) is 35.7. The molecule has 11 heteroatoms. The van der Waals surface area contributed by atoms with Gasteiger partial charge in [-0.3, -0.25) is 9.59 Å². The molecule has 1 saturated heterocycles. The number of aliphatic hydroxyl groups is 5. The van der Waals surface area contributed by atoms with Gasteiger partial charge in [0, 0.05) is 6.42 Å². The highest BCUT2D eigenvalue weighted by molar-refractivity contribution is 5.80. The van der Waals surface area contributed by atoms with Crippen molar-refractivity contribution in [3.63, 3.8) is 0 Å². The molecule has 1 aliphatic rings. The number of esters is 1. The minimum atomic E-state index is -1.61. The van der Waals surface area contributed by atoms with Gasteiger partial charge in [-0.15, -0.1) is 0 Å². The summed E-state index contributed by atoms with van der Waals surface area (Å²) in [7, 11) is 0. The van der Waals surface area contributed by atoms with Crippen LogP contribution in [0.15, 0.2) is 48.6 Å². The maximum Gasteiger partial charge on any atom is 0.306 e. The highest BCUT2D eigenvalue weighted by Crippen LogP contribution is 2.26. The van der Waals surface area contributed by atoms with Crippen molar-refractivity contribution in [1.29, 1.82) is 0 Å². The summed E-state index contributed by atoms with van der Waals surface area (Å²) in [6.45, 7) is 5.66. The number of ether oxygens (including phenoxy) is 3. The second-order valence-electron chi connectivity index (χ2n) is 21.1. The van der Waals surface area contributed by atoms with Gasteiger partial charge in [-0.2, -0.15) is 0 Å². The molecule has 11 nitrogen and oxygen atoms in total. The Kier molecular flexibility index (Phi) is 47.4. The summed E-state index contributed by atoms with van der Waals surface area (Å²) in [6, 6.07) is -1.03. The Bertz CT molecular complexity index is 1370. The van der Waals surface area contributed by atoms with Crippen molar-refractivity contribution in [2.75, 3.05) is 13.2 Å². The predicted molar refractivity (Wildman–Crippen MR) is 301 cm³/mol. The first-order valence-electron chi connectivity index (χ1n) is 30.4. The number of amides is 1. The third-order valence-corrected chi connectivity index (χ3v) is 14.3. The third kappa shape index (κ3) is 38.8. The fraction of sp³-hybridized carbons (Fsp3) is 0.839. The summed E-state index contributed by atoms with van der Waals surface area (Å²) in [5, 5.41) is 56.9. The molecule has 8 atom stereocenters. The molecule has 1 aliphatic heterocycles. The first-order valence-corrected chi connectivity index (χ1v) is 30.4. The number of carbonyl (C=O) groups is 2. The molecule has 1 heterocycles. The molecule has 0 aliphatic carbocycles. The molecule has 8 unspecified atom stereocenters. The zero-order valence-corrected chi connectivity index (χ0v) is 47.0. The Balaban J connectivity index is 2.66. The molecule has 1 fully saturated rings. The van der Waals surface area contributed by atoms with Crippen LogP contribution in [-0.2, 0) is 23.8 Å². The molecule has 0 radical (unpaired) electrons. The summed E-state index contributed by atoms with van der Waals surface area (Å²) in [6.07, 6.45) is 50.1. The molecule has 6 N–H and O–H groups in total. The highest BCUT2D eigenvalue weighted by Gasteiger charge is 2.47. The van der Waals surface area contributed by atoms with Crippen LogP contribution in [0.25, 0.3) is 0 Å². The maximum atomic E-state index is 13.4. The zero-order valence-electron chi connectivity index (χ0n) is 47.0. The normalized spacial score (nSPS) is 19.7. The van der Waals surface area contributed by atoms with E-state index < -0.39 is 67.4 Å². The molecule has 0 bridgehead atoms. The quantitative estimate of drug-likeness (QED) is 0.0149. The van der Waals surface area contributed by atoms with Crippen molar-refractivity contribution in [3.05, 3.63) is 48.6 Å². The van der Waals surface area contributed by atoms with E-state index in [0.29, 0.717) is 12.8 Å². The smallest absolute Gasteiger partial charge is 0.306 e. The van der Waals surface area contributed by atoms with Crippen molar-refractivity contribution in [1.82, 2.24) is 5.32 Å². The van der Waals surface area contributed by atoms with Crippen LogP contribution in [0.2, 0.25) is 0 Å². The lowest BCUT2D eigenvalue weighted by Gasteiger charge is -2.41. The molecule has 73 heavy (non-hydrogen) atoms. The minimum Gasteiger partial charge on any atom is -0.454 e. The van der Waals surface area contributed by atoms with Crippen molar-refractivity contribution in [3.8, 4) is 0 Å². The lowest BCUT2D eigenvalue weighted by Crippen LogP contribution is -2.61. The van der Waals surface area contributed by atoms with E-state index in [-0.39, 0.29) is 19.4 Å². The number of unbranched alkanes of at least 4 members (excludes halogenated alkanes) is 33. The molecule has 426 valence electrons. The number of carbonyl (C=O) groups excluding carboxylic acids is 2. The summed E-state index contributed by atoms with van der Waals surface area (Å²) < 4.78 is 17.6. The molecular formula is C62H113NO10. The van der Waals surface area contributed by atoms with Crippen LogP contribution in [0.3, 0.4) is 0 Å². The van der Waals surface area contributed by atoms with Gasteiger partial charge in [-0.25, -0.2) is 0 Å². The number of aliphatic hydroxyl groups excluding tert-OH is 5. The van der Waals surface area contributed by atoms with Gasteiger partial charge in [0.15, 0.2) is 12.4 Å². The van der Waals surface area contributed by atoms with Crippen LogP contribution in [0.1, 0.15) is 271 Å². The minimum absolute atomic E-state index is 0.126. The Labute approximate surface area is 446 Å². The van der Waals surface area contributed by atoms with Crippen molar-refractivity contribution >= 4 is 11.9 Å². The van der Waals surface area contributed by atoms with Gasteiger partial charge in [0.1, 0.15) is 24.4 Å². The van der Waals surface area contributed by atoms with Crippen molar-refractivity contribution in [2.24, 2.45) is 0 Å². The summed E-state index contributed by atoms with van der Waals surface area (Å²) >= 11 is 0. The average Bonchev–Trinajstić information content (AvgIpc) is 3.39. The molecule has 0 spiro atoms. The van der Waals surface area contributed by atoms with E-state index in [1.165, 1.54) is 141 Å². The molecule has 1 amide bonds. The van der Waals surface area contributed by atoms with Crippen molar-refractivity contribution < 1.29 is 49.3 Å². The van der Waals surface area contributed by atoms with Crippen LogP contribution < -0.4 is 5.32 Å². The molecule has 0 aromatic heterocycles. The number of allylic oxidation sites excluding steroid dienone is 7. The Morgan fingerprint density at radius 3 is 1.47 bits per heavy atom. The second-order valence-corrected chi connectivity index (χ2v) is 21.1. The van der Waals surface area contributed by atoms with Gasteiger partial charge in [-0.1, -0.05) is 268 Å². The second kappa shape index (κ2) is 50.4.